The van der Waals surface area contributed by atoms with E-state index in [0.717, 1.165) is 39.1 Å². The van der Waals surface area contributed by atoms with Gasteiger partial charge in [0.05, 0.1) is 13.3 Å². The van der Waals surface area contributed by atoms with Gasteiger partial charge in [-0.05, 0) is 83.6 Å². The molecule has 37 heavy (non-hydrogen) atoms. The Morgan fingerprint density at radius 2 is 1.70 bits per heavy atom. The maximum Gasteiger partial charge on any atom is 0.251 e. The molecule has 4 aromatic rings. The number of nitrogens with one attached hydrogen (secondary N) is 1. The lowest BCUT2D eigenvalue weighted by Crippen LogP contribution is -2.24. The van der Waals surface area contributed by atoms with Crippen LogP contribution in [0.3, 0.4) is 0 Å². The molecule has 2 unspecified atom stereocenters. The predicted octanol–water partition coefficient (Wildman–Crippen LogP) is 4.93. The van der Waals surface area contributed by atoms with Crippen LogP contribution >= 0.6 is 0 Å². The number of aromatic nitrogens is 2. The Balaban J connectivity index is 1.21. The molecule has 8 heteroatoms. The van der Waals surface area contributed by atoms with Crippen LogP contribution in [0.5, 0.6) is 17.4 Å². The van der Waals surface area contributed by atoms with Gasteiger partial charge < -0.3 is 25.3 Å². The lowest BCUT2D eigenvalue weighted by Gasteiger charge is -2.18. The van der Waals surface area contributed by atoms with Gasteiger partial charge in [-0.15, -0.1) is 0 Å². The normalized spacial score (nSPS) is 16.7. The first kappa shape index (κ1) is 23.0. The fourth-order valence-corrected chi connectivity index (χ4v) is 5.14. The molecule has 0 fully saturated rings. The number of rotatable bonds is 6. The number of anilines is 1. The number of carbonyl (C=O) groups is 1. The molecule has 2 bridgehead atoms. The minimum Gasteiger partial charge on any atom is -0.481 e. The second-order valence-electron chi connectivity index (χ2n) is 9.28. The number of amides is 1. The number of benzene rings is 2. The number of hydrogen-bond donors (Lipinski definition) is 2. The minimum absolute atomic E-state index is 0.144. The van der Waals surface area contributed by atoms with Crippen LogP contribution in [0.2, 0.25) is 0 Å². The van der Waals surface area contributed by atoms with Crippen LogP contribution in [0.1, 0.15) is 61.6 Å². The number of nitrogens with zero attached hydrogens (tertiary/aromatic N) is 2. The highest BCUT2D eigenvalue weighted by Crippen LogP contribution is 2.55. The van der Waals surface area contributed by atoms with E-state index < -0.39 is 0 Å². The van der Waals surface area contributed by atoms with E-state index in [1.54, 1.807) is 19.4 Å². The van der Waals surface area contributed by atoms with Crippen molar-refractivity contribution in [2.45, 2.75) is 32.6 Å². The van der Waals surface area contributed by atoms with E-state index in [-0.39, 0.29) is 18.1 Å². The third-order valence-electron chi connectivity index (χ3n) is 6.96. The van der Waals surface area contributed by atoms with Gasteiger partial charge in [0.1, 0.15) is 29.5 Å². The molecular weight excluding hydrogens is 468 g/mol. The number of fused-ring (bicyclic) bond motifs is 8. The molecule has 2 atom stereocenters. The van der Waals surface area contributed by atoms with Gasteiger partial charge in [-0.2, -0.15) is 0 Å². The van der Waals surface area contributed by atoms with E-state index in [4.69, 9.17) is 19.9 Å². The summed E-state index contributed by atoms with van der Waals surface area (Å²) in [5.74, 6) is 2.17. The average Bonchev–Trinajstić information content (AvgIpc) is 3.45. The molecule has 186 valence electrons. The summed E-state index contributed by atoms with van der Waals surface area (Å²) >= 11 is 0. The van der Waals surface area contributed by atoms with Gasteiger partial charge in [-0.25, -0.2) is 9.97 Å². The Morgan fingerprint density at radius 1 is 0.973 bits per heavy atom. The fraction of sp³-hybridized carbons (Fsp3) is 0.207. The average molecular weight is 495 g/mol. The van der Waals surface area contributed by atoms with E-state index in [9.17, 15) is 4.79 Å². The highest BCUT2D eigenvalue weighted by Gasteiger charge is 2.43. The summed E-state index contributed by atoms with van der Waals surface area (Å²) in [4.78, 5) is 21.5. The topological polar surface area (TPSA) is 109 Å². The summed E-state index contributed by atoms with van der Waals surface area (Å²) < 4.78 is 17.4. The number of aryl methyl sites for hydroxylation is 2. The van der Waals surface area contributed by atoms with Crippen molar-refractivity contribution >= 4 is 11.7 Å². The number of nitrogen functional groups attached to an aromatic ring is 1. The lowest BCUT2D eigenvalue weighted by atomic mass is 9.85. The molecule has 0 aliphatic carbocycles. The van der Waals surface area contributed by atoms with Crippen molar-refractivity contribution in [3.05, 3.63) is 105 Å². The van der Waals surface area contributed by atoms with Crippen LogP contribution in [0.25, 0.3) is 0 Å². The maximum atomic E-state index is 13.0. The predicted molar refractivity (Wildman–Crippen MR) is 138 cm³/mol. The second-order valence-corrected chi connectivity index (χ2v) is 9.28. The van der Waals surface area contributed by atoms with E-state index in [2.05, 4.69) is 15.3 Å². The highest BCUT2D eigenvalue weighted by atomic mass is 16.5. The van der Waals surface area contributed by atoms with Crippen molar-refractivity contribution in [2.75, 3.05) is 12.8 Å². The van der Waals surface area contributed by atoms with Gasteiger partial charge in [0, 0.05) is 23.9 Å². The molecule has 4 heterocycles. The van der Waals surface area contributed by atoms with E-state index in [1.165, 1.54) is 0 Å². The molecule has 3 N–H and O–H groups in total. The van der Waals surface area contributed by atoms with Gasteiger partial charge in [-0.1, -0.05) is 12.1 Å². The van der Waals surface area contributed by atoms with Crippen molar-refractivity contribution in [3.63, 3.8) is 0 Å². The van der Waals surface area contributed by atoms with Crippen molar-refractivity contribution in [2.24, 2.45) is 0 Å². The minimum atomic E-state index is -0.244. The zero-order valence-corrected chi connectivity index (χ0v) is 20.7. The molecular formula is C29H26N4O4. The summed E-state index contributed by atoms with van der Waals surface area (Å²) in [5, 5.41) is 3.02. The number of methoxy groups -OCH3 is 1. The molecule has 6 rings (SSSR count). The molecule has 0 saturated carbocycles. The first-order valence-corrected chi connectivity index (χ1v) is 12.0. The van der Waals surface area contributed by atoms with Crippen molar-refractivity contribution in [1.29, 1.82) is 0 Å². The maximum absolute atomic E-state index is 13.0. The van der Waals surface area contributed by atoms with Crippen molar-refractivity contribution in [3.8, 4) is 17.4 Å². The zero-order chi connectivity index (χ0) is 25.7. The highest BCUT2D eigenvalue weighted by molar-refractivity contribution is 5.94. The monoisotopic (exact) mass is 494 g/mol. The third kappa shape index (κ3) is 4.05. The SMILES string of the molecule is COc1ccc(Oc2ccc3c(c2)C2OC3c3ccc(C(=O)NCc4c(C)cc(N)nc4C)cc32)cn1. The largest absolute Gasteiger partial charge is 0.481 e. The number of pyridine rings is 2. The Morgan fingerprint density at radius 3 is 2.43 bits per heavy atom. The van der Waals surface area contributed by atoms with Crippen molar-refractivity contribution in [1.82, 2.24) is 15.3 Å². The molecule has 2 aromatic carbocycles. The smallest absolute Gasteiger partial charge is 0.251 e. The summed E-state index contributed by atoms with van der Waals surface area (Å²) in [6.45, 7) is 4.25. The number of ether oxygens (including phenoxy) is 3. The third-order valence-corrected chi connectivity index (χ3v) is 6.96. The van der Waals surface area contributed by atoms with E-state index in [0.29, 0.717) is 35.3 Å². The van der Waals surface area contributed by atoms with Crippen LogP contribution in [0.4, 0.5) is 5.82 Å². The Hall–Kier alpha value is -4.43. The van der Waals surface area contributed by atoms with Gasteiger partial charge in [-0.3, -0.25) is 4.79 Å². The van der Waals surface area contributed by atoms with Gasteiger partial charge in [0.25, 0.3) is 5.91 Å². The van der Waals surface area contributed by atoms with Crippen LogP contribution in [0.15, 0.2) is 60.8 Å². The molecule has 1 amide bonds. The first-order valence-electron chi connectivity index (χ1n) is 12.0. The number of carbonyl (C=O) groups excluding carboxylic acids is 1. The molecule has 2 aliphatic rings. The summed E-state index contributed by atoms with van der Waals surface area (Å²) in [6.07, 6.45) is 1.24. The molecule has 0 saturated heterocycles. The van der Waals surface area contributed by atoms with Crippen LogP contribution < -0.4 is 20.5 Å². The zero-order valence-electron chi connectivity index (χ0n) is 20.7. The Labute approximate surface area is 214 Å². The number of hydrogen-bond acceptors (Lipinski definition) is 7. The van der Waals surface area contributed by atoms with Gasteiger partial charge in [0.2, 0.25) is 5.88 Å². The first-order chi connectivity index (χ1) is 17.9. The van der Waals surface area contributed by atoms with Crippen LogP contribution in [-0.2, 0) is 11.3 Å². The van der Waals surface area contributed by atoms with E-state index >= 15 is 0 Å². The number of nitrogens with two attached hydrogens (primary N) is 1. The fourth-order valence-electron chi connectivity index (χ4n) is 5.14. The van der Waals surface area contributed by atoms with E-state index in [1.807, 2.05) is 62.4 Å². The van der Waals surface area contributed by atoms with Gasteiger partial charge >= 0.3 is 0 Å². The standard InChI is InChI=1S/C29H26N4O4/c1-15-10-25(30)33-16(2)24(15)14-32-29(34)17-4-7-20-22(11-17)28-23-12-18(5-8-21(23)27(20)37-28)36-19-6-9-26(35-3)31-13-19/h4-13,27-28H,14H2,1-3H3,(H2,30,33)(H,32,34). The summed E-state index contributed by atoms with van der Waals surface area (Å²) in [6, 6.07) is 17.1. The molecule has 2 aromatic heterocycles. The van der Waals surface area contributed by atoms with Gasteiger partial charge in [0.15, 0.2) is 0 Å². The molecule has 0 spiro atoms. The quantitative estimate of drug-likeness (QED) is 0.391. The van der Waals surface area contributed by atoms with Crippen LogP contribution in [0, 0.1) is 13.8 Å². The summed E-state index contributed by atoms with van der Waals surface area (Å²) in [7, 11) is 1.57. The second kappa shape index (κ2) is 8.90. The Kier molecular flexibility index (Phi) is 5.53. The van der Waals surface area contributed by atoms with Crippen molar-refractivity contribution < 1.29 is 19.0 Å². The molecule has 0 radical (unpaired) electrons. The molecule has 2 aliphatic heterocycles. The lowest BCUT2D eigenvalue weighted by molar-refractivity contribution is 0.0857. The Bertz CT molecular complexity index is 1510. The summed E-state index contributed by atoms with van der Waals surface area (Å²) in [5.41, 5.74) is 13.5. The molecule has 8 nitrogen and oxygen atoms in total. The van der Waals surface area contributed by atoms with Crippen LogP contribution in [-0.4, -0.2) is 23.0 Å².